The molecule has 10 heteroatoms. The molecule has 5 rings (SSSR count). The summed E-state index contributed by atoms with van der Waals surface area (Å²) in [4.78, 5) is 47.0. The molecule has 4 aromatic rings. The van der Waals surface area contributed by atoms with Gasteiger partial charge in [0.25, 0.3) is 0 Å². The average molecular weight is 572 g/mol. The fraction of sp³-hybridized carbons (Fsp3) is 0.406. The van der Waals surface area contributed by atoms with Gasteiger partial charge in [-0.1, -0.05) is 42.8 Å². The normalized spacial score (nSPS) is 17.1. The lowest BCUT2D eigenvalue weighted by Crippen LogP contribution is -2.61. The van der Waals surface area contributed by atoms with E-state index in [1.165, 1.54) is 0 Å². The predicted molar refractivity (Wildman–Crippen MR) is 165 cm³/mol. The Hall–Kier alpha value is -4.15. The van der Waals surface area contributed by atoms with E-state index in [4.69, 9.17) is 0 Å². The number of amides is 3. The zero-order chi connectivity index (χ0) is 29.7. The molecule has 42 heavy (non-hydrogen) atoms. The number of benzene rings is 2. The van der Waals surface area contributed by atoms with Crippen molar-refractivity contribution < 1.29 is 14.4 Å². The smallest absolute Gasteiger partial charge is 0.244 e. The summed E-state index contributed by atoms with van der Waals surface area (Å²) in [5.41, 5.74) is 2.94. The molecule has 3 atom stereocenters. The molecule has 222 valence electrons. The molecule has 7 N–H and O–H groups in total. The first-order valence-corrected chi connectivity index (χ1v) is 14.7. The van der Waals surface area contributed by atoms with Gasteiger partial charge in [-0.15, -0.1) is 0 Å². The second-order valence-electron chi connectivity index (χ2n) is 11.6. The van der Waals surface area contributed by atoms with E-state index in [0.29, 0.717) is 6.42 Å². The molecule has 2 aromatic carbocycles. The Bertz CT molecular complexity index is 1550. The number of carbonyl (C=O) groups is 3. The van der Waals surface area contributed by atoms with Crippen molar-refractivity contribution in [2.75, 3.05) is 13.6 Å². The summed E-state index contributed by atoms with van der Waals surface area (Å²) in [7, 11) is 1.71. The summed E-state index contributed by atoms with van der Waals surface area (Å²) in [6.45, 7) is 4.32. The molecule has 3 amide bonds. The van der Waals surface area contributed by atoms with Gasteiger partial charge in [0.15, 0.2) is 0 Å². The van der Waals surface area contributed by atoms with Crippen molar-refractivity contribution in [3.8, 4) is 0 Å². The molecule has 0 radical (unpaired) electrons. The molecule has 1 aliphatic heterocycles. The molecule has 2 aromatic heterocycles. The molecule has 0 bridgehead atoms. The monoisotopic (exact) mass is 571 g/mol. The molecule has 1 saturated heterocycles. The van der Waals surface area contributed by atoms with Gasteiger partial charge in [0.05, 0.1) is 11.6 Å². The van der Waals surface area contributed by atoms with E-state index in [-0.39, 0.29) is 30.2 Å². The van der Waals surface area contributed by atoms with Crippen molar-refractivity contribution in [2.24, 2.45) is 0 Å². The van der Waals surface area contributed by atoms with Crippen LogP contribution in [-0.4, -0.2) is 65.1 Å². The summed E-state index contributed by atoms with van der Waals surface area (Å²) < 4.78 is 0. The van der Waals surface area contributed by atoms with Crippen LogP contribution < -0.4 is 26.6 Å². The maximum Gasteiger partial charge on any atom is 0.244 e. The van der Waals surface area contributed by atoms with Crippen LogP contribution in [0.15, 0.2) is 60.9 Å². The highest BCUT2D eigenvalue weighted by atomic mass is 16.2. The van der Waals surface area contributed by atoms with E-state index < -0.39 is 17.7 Å². The molecular formula is C32H41N7O3. The molecular weight excluding hydrogens is 530 g/mol. The van der Waals surface area contributed by atoms with E-state index in [0.717, 1.165) is 58.7 Å². The van der Waals surface area contributed by atoms with Crippen molar-refractivity contribution in [2.45, 2.75) is 69.7 Å². The Labute approximate surface area is 245 Å². The van der Waals surface area contributed by atoms with Crippen LogP contribution in [0.3, 0.4) is 0 Å². The summed E-state index contributed by atoms with van der Waals surface area (Å²) in [6.07, 6.45) is 6.52. The van der Waals surface area contributed by atoms with Gasteiger partial charge in [-0.05, 0) is 63.5 Å². The minimum Gasteiger partial charge on any atom is -0.361 e. The van der Waals surface area contributed by atoms with Crippen molar-refractivity contribution in [1.29, 1.82) is 0 Å². The van der Waals surface area contributed by atoms with Gasteiger partial charge in [-0.2, -0.15) is 0 Å². The van der Waals surface area contributed by atoms with Crippen molar-refractivity contribution in [3.05, 3.63) is 72.1 Å². The highest BCUT2D eigenvalue weighted by Crippen LogP contribution is 2.21. The zero-order valence-electron chi connectivity index (χ0n) is 24.5. The Kier molecular flexibility index (Phi) is 8.94. The number of hydrogen-bond acceptors (Lipinski definition) is 5. The lowest BCUT2D eigenvalue weighted by molar-refractivity contribution is -0.132. The summed E-state index contributed by atoms with van der Waals surface area (Å²) in [5.74, 6) is -0.815. The second kappa shape index (κ2) is 12.8. The third kappa shape index (κ3) is 6.66. The lowest BCUT2D eigenvalue weighted by atomic mass is 10.0. The van der Waals surface area contributed by atoms with Crippen LogP contribution in [0.2, 0.25) is 0 Å². The van der Waals surface area contributed by atoms with E-state index in [2.05, 4.69) is 36.6 Å². The number of H-pyrrole nitrogens is 2. The van der Waals surface area contributed by atoms with Crippen LogP contribution in [-0.2, 0) is 27.2 Å². The van der Waals surface area contributed by atoms with Gasteiger partial charge in [0.1, 0.15) is 12.2 Å². The molecule has 0 saturated carbocycles. The predicted octanol–water partition coefficient (Wildman–Crippen LogP) is 2.62. The molecule has 0 aliphatic carbocycles. The highest BCUT2D eigenvalue weighted by molar-refractivity contribution is 5.93. The van der Waals surface area contributed by atoms with E-state index in [1.54, 1.807) is 20.9 Å². The number of piperidine rings is 1. The van der Waals surface area contributed by atoms with Gasteiger partial charge in [-0.3, -0.25) is 14.4 Å². The average Bonchev–Trinajstić information content (AvgIpc) is 3.61. The number of fused-ring (bicyclic) bond motifs is 2. The molecule has 10 nitrogen and oxygen atoms in total. The van der Waals surface area contributed by atoms with Crippen molar-refractivity contribution >= 4 is 39.5 Å². The topological polar surface area (TPSA) is 143 Å². The first kappa shape index (κ1) is 29.3. The van der Waals surface area contributed by atoms with Crippen LogP contribution in [0.4, 0.5) is 0 Å². The summed E-state index contributed by atoms with van der Waals surface area (Å²) >= 11 is 0. The molecule has 0 spiro atoms. The Morgan fingerprint density at radius 2 is 1.48 bits per heavy atom. The van der Waals surface area contributed by atoms with Gasteiger partial charge in [-0.25, -0.2) is 0 Å². The highest BCUT2D eigenvalue weighted by Gasteiger charge is 2.32. The van der Waals surface area contributed by atoms with Gasteiger partial charge >= 0.3 is 0 Å². The number of hydrogen-bond donors (Lipinski definition) is 7. The Morgan fingerprint density at radius 3 is 2.07 bits per heavy atom. The third-order valence-electron chi connectivity index (χ3n) is 8.27. The number of para-hydroxylation sites is 2. The van der Waals surface area contributed by atoms with E-state index in [9.17, 15) is 14.4 Å². The molecule has 1 aliphatic rings. The van der Waals surface area contributed by atoms with Crippen LogP contribution in [0, 0.1) is 0 Å². The Balaban J connectivity index is 1.41. The van der Waals surface area contributed by atoms with E-state index >= 15 is 0 Å². The van der Waals surface area contributed by atoms with E-state index in [1.807, 2.05) is 60.9 Å². The molecule has 1 fully saturated rings. The number of likely N-dealkylation sites (N-methyl/N-ethyl adjacent to an activating group) is 1. The number of rotatable bonds is 11. The number of aromatic nitrogens is 2. The Morgan fingerprint density at radius 1 is 0.857 bits per heavy atom. The SMILES string of the molecule is CNC(C)(C)C(=O)N[C@H](Cc1c[nH]c2ccccc12)C(=O)N[C@H](Cc1c[nH]c2ccccc12)NC(=O)C1CCCCN1. The summed E-state index contributed by atoms with van der Waals surface area (Å²) in [5, 5.41) is 17.4. The zero-order valence-corrected chi connectivity index (χ0v) is 24.5. The fourth-order valence-corrected chi connectivity index (χ4v) is 5.46. The third-order valence-corrected chi connectivity index (χ3v) is 8.27. The number of aromatic amines is 2. The first-order valence-electron chi connectivity index (χ1n) is 14.7. The minimum absolute atomic E-state index is 0.145. The number of carbonyl (C=O) groups excluding carboxylic acids is 3. The minimum atomic E-state index is -0.886. The van der Waals surface area contributed by atoms with Crippen LogP contribution in [0.25, 0.3) is 21.8 Å². The first-order chi connectivity index (χ1) is 20.2. The van der Waals surface area contributed by atoms with Gasteiger partial charge in [0.2, 0.25) is 17.7 Å². The standard InChI is InChI=1S/C32H41N7O3/c1-32(2,33-3)31(42)37-27(16-20-18-35-24-12-6-4-10-22(20)24)30(41)39-28(38-29(40)26-14-8-9-15-34-26)17-21-19-36-25-13-7-5-11-23(21)25/h4-7,10-13,18-19,26-28,33-36H,8-9,14-17H2,1-3H3,(H,37,42)(H,38,40)(H,39,41)/t26?,27-,28-/m1/s1. The van der Waals surface area contributed by atoms with Gasteiger partial charge < -0.3 is 36.6 Å². The fourth-order valence-electron chi connectivity index (χ4n) is 5.46. The lowest BCUT2D eigenvalue weighted by Gasteiger charge is -2.29. The molecule has 1 unspecified atom stereocenters. The largest absolute Gasteiger partial charge is 0.361 e. The summed E-state index contributed by atoms with van der Waals surface area (Å²) in [6, 6.07) is 14.6. The van der Waals surface area contributed by atoms with Crippen LogP contribution in [0.1, 0.15) is 44.2 Å². The van der Waals surface area contributed by atoms with Crippen LogP contribution >= 0.6 is 0 Å². The van der Waals surface area contributed by atoms with Crippen molar-refractivity contribution in [3.63, 3.8) is 0 Å². The quantitative estimate of drug-likeness (QED) is 0.139. The van der Waals surface area contributed by atoms with Gasteiger partial charge in [0, 0.05) is 47.0 Å². The molecule has 3 heterocycles. The van der Waals surface area contributed by atoms with Crippen LogP contribution in [0.5, 0.6) is 0 Å². The van der Waals surface area contributed by atoms with Crippen molar-refractivity contribution in [1.82, 2.24) is 36.6 Å². The maximum absolute atomic E-state index is 14.0. The maximum atomic E-state index is 14.0. The number of nitrogens with one attached hydrogen (secondary N) is 7. The second-order valence-corrected chi connectivity index (χ2v) is 11.6.